The Kier molecular flexibility index (Phi) is 5.56. The molecule has 1 aliphatic carbocycles. The molecule has 31 heavy (non-hydrogen) atoms. The van der Waals surface area contributed by atoms with Crippen LogP contribution in [-0.4, -0.2) is 4.98 Å². The molecule has 6 heteroatoms. The lowest BCUT2D eigenvalue weighted by atomic mass is 9.90. The van der Waals surface area contributed by atoms with Gasteiger partial charge >= 0.3 is 6.18 Å². The zero-order valence-corrected chi connectivity index (χ0v) is 17.1. The summed E-state index contributed by atoms with van der Waals surface area (Å²) in [5.74, 6) is 0.101. The van der Waals surface area contributed by atoms with E-state index in [2.05, 4.69) is 16.9 Å². The third-order valence-corrected chi connectivity index (χ3v) is 5.64. The second kappa shape index (κ2) is 8.17. The molecule has 1 N–H and O–H groups in total. The molecule has 0 atom stereocenters. The molecule has 160 valence electrons. The largest absolute Gasteiger partial charge is 0.417 e. The van der Waals surface area contributed by atoms with Crippen LogP contribution < -0.4 is 5.32 Å². The molecule has 0 amide bonds. The zero-order chi connectivity index (χ0) is 22.2. The van der Waals surface area contributed by atoms with Crippen molar-refractivity contribution in [2.75, 3.05) is 5.32 Å². The number of fused-ring (bicyclic) bond motifs is 1. The Morgan fingerprint density at radius 2 is 1.77 bits per heavy atom. The molecule has 0 radical (unpaired) electrons. The van der Waals surface area contributed by atoms with Gasteiger partial charge in [0, 0.05) is 16.8 Å². The normalized spacial score (nSPS) is 13.6. The molecule has 0 saturated carbocycles. The Labute approximate surface area is 178 Å². The van der Waals surface area contributed by atoms with Crippen molar-refractivity contribution in [3.63, 3.8) is 0 Å². The van der Waals surface area contributed by atoms with Gasteiger partial charge in [-0.25, -0.2) is 9.37 Å². The molecule has 2 aromatic carbocycles. The third-order valence-electron chi connectivity index (χ3n) is 5.64. The van der Waals surface area contributed by atoms with Crippen LogP contribution >= 0.6 is 0 Å². The van der Waals surface area contributed by atoms with Crippen molar-refractivity contribution < 1.29 is 17.6 Å². The highest BCUT2D eigenvalue weighted by Gasteiger charge is 2.34. The summed E-state index contributed by atoms with van der Waals surface area (Å²) >= 11 is 0. The second-order valence-electron chi connectivity index (χ2n) is 7.81. The molecule has 1 heterocycles. The lowest BCUT2D eigenvalue weighted by Gasteiger charge is -2.23. The monoisotopic (exact) mass is 426 g/mol. The molecule has 0 bridgehead atoms. The smallest absolute Gasteiger partial charge is 0.340 e. The highest BCUT2D eigenvalue weighted by Crippen LogP contribution is 2.39. The summed E-state index contributed by atoms with van der Waals surface area (Å²) in [4.78, 5) is 4.58. The number of hydrogen-bond donors (Lipinski definition) is 1. The number of anilines is 1. The summed E-state index contributed by atoms with van der Waals surface area (Å²) in [7, 11) is 0. The van der Waals surface area contributed by atoms with Gasteiger partial charge in [0.1, 0.15) is 11.6 Å². The minimum Gasteiger partial charge on any atom is -0.340 e. The molecule has 4 rings (SSSR count). The van der Waals surface area contributed by atoms with E-state index in [-0.39, 0.29) is 17.1 Å². The van der Waals surface area contributed by atoms with Gasteiger partial charge in [0.2, 0.25) is 0 Å². The number of pyridine rings is 1. The first-order chi connectivity index (χ1) is 14.7. The number of halogens is 4. The molecular weight excluding hydrogens is 404 g/mol. The van der Waals surface area contributed by atoms with Gasteiger partial charge in [-0.15, -0.1) is 0 Å². The third kappa shape index (κ3) is 4.33. The molecule has 2 nitrogen and oxygen atoms in total. The zero-order valence-electron chi connectivity index (χ0n) is 17.1. The summed E-state index contributed by atoms with van der Waals surface area (Å²) in [5, 5.41) is 3.17. The van der Waals surface area contributed by atoms with Gasteiger partial charge in [-0.05, 0) is 73.6 Å². The molecule has 0 spiro atoms. The van der Waals surface area contributed by atoms with Crippen LogP contribution in [0.5, 0.6) is 0 Å². The predicted molar refractivity (Wildman–Crippen MR) is 115 cm³/mol. The SMILES string of the molecule is C=C(Nc1nc(-c2ccccc2C(F)(F)F)cc2c1CCCC2)c1cc(F)ccc1C. The number of aromatic nitrogens is 1. The highest BCUT2D eigenvalue weighted by atomic mass is 19.4. The Hall–Kier alpha value is -3.15. The van der Waals surface area contributed by atoms with Crippen LogP contribution in [0.2, 0.25) is 0 Å². The van der Waals surface area contributed by atoms with E-state index in [9.17, 15) is 17.6 Å². The van der Waals surface area contributed by atoms with Crippen LogP contribution in [0.25, 0.3) is 17.0 Å². The number of rotatable bonds is 4. The Morgan fingerprint density at radius 1 is 1.03 bits per heavy atom. The van der Waals surface area contributed by atoms with Gasteiger partial charge in [-0.1, -0.05) is 30.8 Å². The molecule has 3 aromatic rings. The van der Waals surface area contributed by atoms with E-state index in [4.69, 9.17) is 0 Å². The molecule has 0 saturated heterocycles. The number of aryl methyl sites for hydroxylation is 2. The van der Waals surface area contributed by atoms with Gasteiger partial charge in [-0.3, -0.25) is 0 Å². The summed E-state index contributed by atoms with van der Waals surface area (Å²) in [6, 6.07) is 11.7. The molecule has 0 aliphatic heterocycles. The van der Waals surface area contributed by atoms with Gasteiger partial charge in [-0.2, -0.15) is 13.2 Å². The van der Waals surface area contributed by atoms with Crippen LogP contribution in [0, 0.1) is 12.7 Å². The maximum atomic E-state index is 13.8. The Morgan fingerprint density at radius 3 is 2.55 bits per heavy atom. The summed E-state index contributed by atoms with van der Waals surface area (Å²) in [5.41, 5.74) is 3.45. The van der Waals surface area contributed by atoms with E-state index >= 15 is 0 Å². The van der Waals surface area contributed by atoms with Gasteiger partial charge in [0.05, 0.1) is 11.3 Å². The predicted octanol–water partition coefficient (Wildman–Crippen LogP) is 7.18. The van der Waals surface area contributed by atoms with Crippen LogP contribution in [0.15, 0.2) is 55.1 Å². The van der Waals surface area contributed by atoms with Crippen molar-refractivity contribution in [1.82, 2.24) is 4.98 Å². The highest BCUT2D eigenvalue weighted by molar-refractivity contribution is 5.79. The maximum Gasteiger partial charge on any atom is 0.417 e. The Bertz CT molecular complexity index is 1150. The minimum absolute atomic E-state index is 0.0407. The van der Waals surface area contributed by atoms with Crippen molar-refractivity contribution in [2.24, 2.45) is 0 Å². The van der Waals surface area contributed by atoms with Gasteiger partial charge in [0.15, 0.2) is 0 Å². The van der Waals surface area contributed by atoms with Crippen molar-refractivity contribution in [3.05, 3.63) is 88.7 Å². The van der Waals surface area contributed by atoms with Crippen molar-refractivity contribution >= 4 is 11.5 Å². The lowest BCUT2D eigenvalue weighted by molar-refractivity contribution is -0.137. The molecule has 0 unspecified atom stereocenters. The van der Waals surface area contributed by atoms with Gasteiger partial charge < -0.3 is 5.32 Å². The number of nitrogens with one attached hydrogen (secondary N) is 1. The second-order valence-corrected chi connectivity index (χ2v) is 7.81. The van der Waals surface area contributed by atoms with Crippen LogP contribution in [0.3, 0.4) is 0 Å². The fourth-order valence-corrected chi connectivity index (χ4v) is 4.07. The summed E-state index contributed by atoms with van der Waals surface area (Å²) in [6.45, 7) is 5.88. The maximum absolute atomic E-state index is 13.8. The van der Waals surface area contributed by atoms with Crippen molar-refractivity contribution in [2.45, 2.75) is 38.8 Å². The van der Waals surface area contributed by atoms with E-state index in [1.165, 1.54) is 24.3 Å². The average molecular weight is 426 g/mol. The lowest BCUT2D eigenvalue weighted by Crippen LogP contribution is -2.12. The van der Waals surface area contributed by atoms with Crippen molar-refractivity contribution in [3.8, 4) is 11.3 Å². The van der Waals surface area contributed by atoms with Crippen LogP contribution in [-0.2, 0) is 19.0 Å². The summed E-state index contributed by atoms with van der Waals surface area (Å²) in [6.07, 6.45) is -0.974. The fraction of sp³-hybridized carbons (Fsp3) is 0.240. The first-order valence-electron chi connectivity index (χ1n) is 10.2. The molecule has 0 fully saturated rings. The first kappa shape index (κ1) is 21.1. The van der Waals surface area contributed by atoms with Gasteiger partial charge in [0.25, 0.3) is 0 Å². The van der Waals surface area contributed by atoms with E-state index in [0.29, 0.717) is 17.1 Å². The van der Waals surface area contributed by atoms with E-state index in [1.807, 2.05) is 6.92 Å². The minimum atomic E-state index is -4.48. The first-order valence-corrected chi connectivity index (χ1v) is 10.2. The van der Waals surface area contributed by atoms with Crippen LogP contribution in [0.4, 0.5) is 23.4 Å². The molecular formula is C25H22F4N2. The fourth-order valence-electron chi connectivity index (χ4n) is 4.07. The summed E-state index contributed by atoms with van der Waals surface area (Å²) < 4.78 is 54.6. The van der Waals surface area contributed by atoms with Crippen molar-refractivity contribution in [1.29, 1.82) is 0 Å². The number of benzene rings is 2. The van der Waals surface area contributed by atoms with Crippen LogP contribution in [0.1, 0.15) is 40.7 Å². The molecule has 1 aromatic heterocycles. The number of alkyl halides is 3. The molecule has 1 aliphatic rings. The topological polar surface area (TPSA) is 24.9 Å². The average Bonchev–Trinajstić information content (AvgIpc) is 2.74. The standard InChI is InChI=1S/C25H22F4N2/c1-15-11-12-18(26)14-21(15)16(2)30-24-19-8-4-3-7-17(19)13-23(31-24)20-9-5-6-10-22(20)25(27,28)29/h5-6,9-14H,2-4,7-8H2,1H3,(H,30,31). The van der Waals surface area contributed by atoms with E-state index in [1.54, 1.807) is 18.2 Å². The Balaban J connectivity index is 1.81. The van der Waals surface area contributed by atoms with E-state index < -0.39 is 11.7 Å². The number of hydrogen-bond acceptors (Lipinski definition) is 2. The van der Waals surface area contributed by atoms with E-state index in [0.717, 1.165) is 48.4 Å². The quantitative estimate of drug-likeness (QED) is 0.447. The number of nitrogens with zero attached hydrogens (tertiary/aromatic N) is 1.